The molecule has 6 rings (SSSR count). The summed E-state index contributed by atoms with van der Waals surface area (Å²) in [5.41, 5.74) is 3.89. The molecule has 5 heterocycles. The zero-order chi connectivity index (χ0) is 23.4. The summed E-state index contributed by atoms with van der Waals surface area (Å²) in [6.07, 6.45) is 3.35. The summed E-state index contributed by atoms with van der Waals surface area (Å²) < 4.78 is 3.33. The maximum atomic E-state index is 13.3. The third-order valence-electron chi connectivity index (χ3n) is 6.43. The summed E-state index contributed by atoms with van der Waals surface area (Å²) in [5.74, 6) is 0.649. The van der Waals surface area contributed by atoms with Gasteiger partial charge in [-0.2, -0.15) is 5.10 Å². The van der Waals surface area contributed by atoms with Gasteiger partial charge < -0.3 is 4.90 Å². The number of nitrogens with zero attached hydrogens (tertiary/aromatic N) is 5. The van der Waals surface area contributed by atoms with Crippen molar-refractivity contribution in [2.45, 2.75) is 32.6 Å². The molecule has 0 spiro atoms. The van der Waals surface area contributed by atoms with Crippen LogP contribution in [0.15, 0.2) is 40.6 Å². The Bertz CT molecular complexity index is 1600. The second-order valence-electron chi connectivity index (χ2n) is 8.67. The lowest BCUT2D eigenvalue weighted by Crippen LogP contribution is -2.38. The van der Waals surface area contributed by atoms with Crippen molar-refractivity contribution in [1.82, 2.24) is 29.6 Å². The van der Waals surface area contributed by atoms with Gasteiger partial charge in [-0.25, -0.2) is 14.6 Å². The van der Waals surface area contributed by atoms with Gasteiger partial charge in [0.15, 0.2) is 0 Å². The van der Waals surface area contributed by atoms with Crippen LogP contribution in [-0.2, 0) is 0 Å². The molecule has 1 saturated heterocycles. The Morgan fingerprint density at radius 2 is 1.94 bits per heavy atom. The number of aromatic amines is 1. The van der Waals surface area contributed by atoms with E-state index in [0.29, 0.717) is 46.4 Å². The van der Waals surface area contributed by atoms with E-state index in [0.717, 1.165) is 23.4 Å². The van der Waals surface area contributed by atoms with Crippen LogP contribution in [0.4, 0.5) is 0 Å². The number of amides is 1. The summed E-state index contributed by atoms with van der Waals surface area (Å²) in [5, 5.41) is 7.36. The topological polar surface area (TPSA) is 96.8 Å². The number of hydrogen-bond donors (Lipinski definition) is 1. The van der Waals surface area contributed by atoms with E-state index in [1.54, 1.807) is 23.6 Å². The third-order valence-corrected chi connectivity index (χ3v) is 8.54. The molecule has 0 radical (unpaired) electrons. The van der Waals surface area contributed by atoms with Crippen molar-refractivity contribution in [3.05, 3.63) is 68.0 Å². The molecule has 34 heavy (non-hydrogen) atoms. The first-order chi connectivity index (χ1) is 16.5. The molecule has 8 nitrogen and oxygen atoms in total. The van der Waals surface area contributed by atoms with E-state index in [-0.39, 0.29) is 11.5 Å². The van der Waals surface area contributed by atoms with Crippen LogP contribution in [0.1, 0.15) is 45.4 Å². The Morgan fingerprint density at radius 3 is 2.76 bits per heavy atom. The molecule has 1 aromatic carbocycles. The molecule has 4 aromatic heterocycles. The number of likely N-dealkylation sites (tertiary alicyclic amines) is 1. The van der Waals surface area contributed by atoms with Crippen LogP contribution in [0, 0.1) is 13.8 Å². The van der Waals surface area contributed by atoms with Crippen molar-refractivity contribution in [3.63, 3.8) is 0 Å². The number of nitrogens with one attached hydrogen (secondary N) is 1. The zero-order valence-electron chi connectivity index (χ0n) is 18.7. The number of carbonyl (C=O) groups excluding carboxylic acids is 1. The lowest BCUT2D eigenvalue weighted by atomic mass is 9.97. The first-order valence-electron chi connectivity index (χ1n) is 11.2. The number of rotatable bonds is 3. The third kappa shape index (κ3) is 3.54. The molecule has 0 unspecified atom stereocenters. The number of H-pyrrole nitrogens is 1. The Morgan fingerprint density at radius 1 is 1.12 bits per heavy atom. The molecular formula is C24H22N6O2S2. The van der Waals surface area contributed by atoms with E-state index in [1.807, 2.05) is 17.2 Å². The Balaban J connectivity index is 1.20. The quantitative estimate of drug-likeness (QED) is 0.404. The molecule has 0 atom stereocenters. The second-order valence-corrected chi connectivity index (χ2v) is 10.6. The number of thiazole rings is 1. The predicted octanol–water partition coefficient (Wildman–Crippen LogP) is 4.42. The zero-order valence-corrected chi connectivity index (χ0v) is 20.4. The molecule has 0 saturated carbocycles. The monoisotopic (exact) mass is 490 g/mol. The van der Waals surface area contributed by atoms with Gasteiger partial charge in [-0.05, 0) is 55.8 Å². The fraction of sp³-hybridized carbons (Fsp3) is 0.292. The number of benzene rings is 1. The Hall–Kier alpha value is -3.37. The number of thiophene rings is 1. The van der Waals surface area contributed by atoms with Crippen molar-refractivity contribution in [2.24, 2.45) is 0 Å². The van der Waals surface area contributed by atoms with Crippen molar-refractivity contribution < 1.29 is 4.79 Å². The van der Waals surface area contributed by atoms with Gasteiger partial charge in [-0.15, -0.1) is 22.7 Å². The summed E-state index contributed by atoms with van der Waals surface area (Å²) in [4.78, 5) is 39.7. The minimum absolute atomic E-state index is 0.0407. The minimum atomic E-state index is -0.204. The maximum Gasteiger partial charge on any atom is 0.270 e. The van der Waals surface area contributed by atoms with Crippen LogP contribution in [0.5, 0.6) is 0 Å². The highest BCUT2D eigenvalue weighted by Gasteiger charge is 2.28. The molecule has 172 valence electrons. The fourth-order valence-corrected chi connectivity index (χ4v) is 6.37. The number of aryl methyl sites for hydroxylation is 1. The number of piperidine rings is 1. The van der Waals surface area contributed by atoms with Gasteiger partial charge in [-0.3, -0.25) is 14.6 Å². The number of hydrogen-bond acceptors (Lipinski definition) is 7. The maximum absolute atomic E-state index is 13.3. The molecular weight excluding hydrogens is 468 g/mol. The molecule has 0 bridgehead atoms. The summed E-state index contributed by atoms with van der Waals surface area (Å²) in [6, 6.07) is 8.20. The SMILES string of the molecule is Cc1ccc2sc(C3CCN(C(=O)c4cnn(-c5nc6ccsc6c(=O)[nH]5)c4C)CC3)nc2c1. The van der Waals surface area contributed by atoms with Gasteiger partial charge in [0.1, 0.15) is 4.70 Å². The van der Waals surface area contributed by atoms with Crippen molar-refractivity contribution in [2.75, 3.05) is 13.1 Å². The van der Waals surface area contributed by atoms with Gasteiger partial charge in [0.25, 0.3) is 11.5 Å². The normalized spacial score (nSPS) is 14.9. The van der Waals surface area contributed by atoms with E-state index in [2.05, 4.69) is 40.2 Å². The Labute approximate surface area is 202 Å². The average Bonchev–Trinajstić information content (AvgIpc) is 3.56. The van der Waals surface area contributed by atoms with Crippen LogP contribution >= 0.6 is 22.7 Å². The first kappa shape index (κ1) is 21.2. The lowest BCUT2D eigenvalue weighted by molar-refractivity contribution is 0.0712. The number of aromatic nitrogens is 5. The molecule has 0 aliphatic carbocycles. The van der Waals surface area contributed by atoms with Crippen LogP contribution in [0.25, 0.3) is 26.4 Å². The van der Waals surface area contributed by atoms with E-state index in [1.165, 1.54) is 26.3 Å². The van der Waals surface area contributed by atoms with Gasteiger partial charge in [0.05, 0.1) is 38.2 Å². The van der Waals surface area contributed by atoms with E-state index >= 15 is 0 Å². The van der Waals surface area contributed by atoms with E-state index < -0.39 is 0 Å². The number of fused-ring (bicyclic) bond motifs is 2. The first-order valence-corrected chi connectivity index (χ1v) is 12.9. The van der Waals surface area contributed by atoms with Gasteiger partial charge in [-0.1, -0.05) is 6.07 Å². The van der Waals surface area contributed by atoms with Crippen molar-refractivity contribution >= 4 is 49.0 Å². The van der Waals surface area contributed by atoms with Gasteiger partial charge >= 0.3 is 0 Å². The second kappa shape index (κ2) is 8.14. The average molecular weight is 491 g/mol. The Kier molecular flexibility index (Phi) is 5.07. The molecule has 1 fully saturated rings. The van der Waals surface area contributed by atoms with Crippen LogP contribution in [0.3, 0.4) is 0 Å². The highest BCUT2D eigenvalue weighted by molar-refractivity contribution is 7.18. The minimum Gasteiger partial charge on any atom is -0.338 e. The molecule has 1 aliphatic rings. The molecule has 5 aromatic rings. The van der Waals surface area contributed by atoms with Crippen LogP contribution in [-0.4, -0.2) is 48.6 Å². The predicted molar refractivity (Wildman–Crippen MR) is 134 cm³/mol. The van der Waals surface area contributed by atoms with E-state index in [9.17, 15) is 9.59 Å². The molecule has 1 N–H and O–H groups in total. The summed E-state index contributed by atoms with van der Waals surface area (Å²) in [7, 11) is 0. The van der Waals surface area contributed by atoms with Crippen molar-refractivity contribution in [3.8, 4) is 5.95 Å². The van der Waals surface area contributed by atoms with Crippen LogP contribution in [0.2, 0.25) is 0 Å². The van der Waals surface area contributed by atoms with Crippen LogP contribution < -0.4 is 5.56 Å². The highest BCUT2D eigenvalue weighted by atomic mass is 32.1. The smallest absolute Gasteiger partial charge is 0.270 e. The number of carbonyl (C=O) groups is 1. The van der Waals surface area contributed by atoms with Gasteiger partial charge in [0, 0.05) is 19.0 Å². The summed E-state index contributed by atoms with van der Waals surface area (Å²) in [6.45, 7) is 5.27. The fourth-order valence-electron chi connectivity index (χ4n) is 4.52. The lowest BCUT2D eigenvalue weighted by Gasteiger charge is -2.31. The highest BCUT2D eigenvalue weighted by Crippen LogP contribution is 2.34. The van der Waals surface area contributed by atoms with E-state index in [4.69, 9.17) is 4.98 Å². The standard InChI is InChI=1S/C24H22N6O2S2/c1-13-3-4-19-18(11-13)26-22(34-19)15-5-8-29(9-6-15)23(32)16-12-25-30(14(16)2)24-27-17-7-10-33-20(17)21(31)28-24/h3-4,7,10-12,15H,5-6,8-9H2,1-2H3,(H,27,28,31). The molecule has 1 amide bonds. The summed E-state index contributed by atoms with van der Waals surface area (Å²) >= 11 is 3.11. The molecule has 10 heteroatoms. The largest absolute Gasteiger partial charge is 0.338 e. The molecule has 1 aliphatic heterocycles. The van der Waals surface area contributed by atoms with Gasteiger partial charge in [0.2, 0.25) is 5.95 Å². The van der Waals surface area contributed by atoms with Crippen molar-refractivity contribution in [1.29, 1.82) is 0 Å².